The van der Waals surface area contributed by atoms with Gasteiger partial charge in [-0.2, -0.15) is 9.97 Å². The van der Waals surface area contributed by atoms with Crippen LogP contribution in [0.15, 0.2) is 23.0 Å². The second-order valence-electron chi connectivity index (χ2n) is 4.61. The number of imidazole rings is 1. The van der Waals surface area contributed by atoms with Crippen molar-refractivity contribution in [2.75, 3.05) is 11.1 Å². The molecule has 1 aromatic carbocycles. The Morgan fingerprint density at radius 1 is 1.20 bits per heavy atom. The van der Waals surface area contributed by atoms with Crippen LogP contribution in [0.1, 0.15) is 11.1 Å². The minimum atomic E-state index is -0.339. The Bertz CT molecular complexity index is 848. The molecule has 3 aromatic rings. The molecule has 0 amide bonds. The number of nitrogens with one attached hydrogen (secondary N) is 3. The van der Waals surface area contributed by atoms with Gasteiger partial charge in [0.2, 0.25) is 11.9 Å². The minimum Gasteiger partial charge on any atom is -0.369 e. The Labute approximate surface area is 114 Å². The zero-order chi connectivity index (χ0) is 14.3. The van der Waals surface area contributed by atoms with Crippen LogP contribution in [0.4, 0.5) is 17.6 Å². The number of hydrogen-bond acceptors (Lipinski definition) is 5. The fourth-order valence-electron chi connectivity index (χ4n) is 2.00. The maximum atomic E-state index is 11.7. The Balaban J connectivity index is 2.05. The van der Waals surface area contributed by atoms with Crippen LogP contribution in [0.5, 0.6) is 0 Å². The first kappa shape index (κ1) is 12.2. The Kier molecular flexibility index (Phi) is 2.67. The molecule has 0 unspecified atom stereocenters. The number of nitrogens with two attached hydrogens (primary N) is 1. The van der Waals surface area contributed by atoms with Gasteiger partial charge in [-0.3, -0.25) is 9.78 Å². The van der Waals surface area contributed by atoms with Crippen molar-refractivity contribution in [2.24, 2.45) is 0 Å². The van der Waals surface area contributed by atoms with Gasteiger partial charge in [-0.1, -0.05) is 12.1 Å². The number of nitrogens with zero attached hydrogens (tertiary/aromatic N) is 2. The molecule has 0 spiro atoms. The van der Waals surface area contributed by atoms with Crippen LogP contribution in [-0.2, 0) is 0 Å². The van der Waals surface area contributed by atoms with Gasteiger partial charge in [0, 0.05) is 5.69 Å². The van der Waals surface area contributed by atoms with Gasteiger partial charge < -0.3 is 16.0 Å². The van der Waals surface area contributed by atoms with Gasteiger partial charge >= 0.3 is 0 Å². The highest BCUT2D eigenvalue weighted by atomic mass is 16.1. The van der Waals surface area contributed by atoms with E-state index in [1.54, 1.807) is 0 Å². The molecule has 102 valence electrons. The molecule has 0 saturated carbocycles. The molecule has 2 aromatic heterocycles. The van der Waals surface area contributed by atoms with Crippen LogP contribution in [0.2, 0.25) is 0 Å². The normalized spacial score (nSPS) is 10.9. The second-order valence-corrected chi connectivity index (χ2v) is 4.61. The van der Waals surface area contributed by atoms with E-state index in [2.05, 4.69) is 25.3 Å². The number of aryl methyl sites for hydroxylation is 1. The van der Waals surface area contributed by atoms with Gasteiger partial charge in [-0.15, -0.1) is 0 Å². The smallest absolute Gasteiger partial charge is 0.278 e. The molecule has 7 heteroatoms. The van der Waals surface area contributed by atoms with Crippen LogP contribution >= 0.6 is 0 Å². The van der Waals surface area contributed by atoms with Crippen molar-refractivity contribution >= 4 is 28.7 Å². The summed E-state index contributed by atoms with van der Waals surface area (Å²) in [6.07, 6.45) is 0. The van der Waals surface area contributed by atoms with Gasteiger partial charge in [0.05, 0.1) is 0 Å². The number of H-pyrrole nitrogens is 2. The third-order valence-electron chi connectivity index (χ3n) is 3.24. The lowest BCUT2D eigenvalue weighted by molar-refractivity contribution is 1.17. The van der Waals surface area contributed by atoms with E-state index < -0.39 is 0 Å². The molecule has 5 N–H and O–H groups in total. The summed E-state index contributed by atoms with van der Waals surface area (Å²) in [5.41, 5.74) is 8.96. The maximum Gasteiger partial charge on any atom is 0.278 e. The first-order valence-corrected chi connectivity index (χ1v) is 6.13. The molecule has 7 nitrogen and oxygen atoms in total. The summed E-state index contributed by atoms with van der Waals surface area (Å²) in [6.45, 7) is 4.05. The Morgan fingerprint density at radius 3 is 2.80 bits per heavy atom. The highest BCUT2D eigenvalue weighted by molar-refractivity contribution is 5.75. The molecule has 0 fully saturated rings. The fourth-order valence-corrected chi connectivity index (χ4v) is 2.00. The SMILES string of the molecule is Cc1cccc(Nc2nc3nc(N)[nH]c(=O)c3[nH]2)c1C. The topological polar surface area (TPSA) is 112 Å². The fraction of sp³-hybridized carbons (Fsp3) is 0.154. The number of aromatic amines is 2. The first-order valence-electron chi connectivity index (χ1n) is 6.13. The number of anilines is 3. The molecule has 2 heterocycles. The molecule has 0 aliphatic rings. The van der Waals surface area contributed by atoms with Crippen molar-refractivity contribution in [2.45, 2.75) is 13.8 Å². The standard InChI is InChI=1S/C13H14N6O/c1-6-4-3-5-8(7(6)2)15-13-16-9-10(18-13)17-12(14)19-11(9)20/h3-5H,1-2H3,(H5,14,15,16,17,18,19,20). The van der Waals surface area contributed by atoms with E-state index in [1.807, 2.05) is 32.0 Å². The van der Waals surface area contributed by atoms with Crippen molar-refractivity contribution in [1.82, 2.24) is 19.9 Å². The van der Waals surface area contributed by atoms with E-state index in [0.717, 1.165) is 11.3 Å². The van der Waals surface area contributed by atoms with Crippen molar-refractivity contribution in [1.29, 1.82) is 0 Å². The summed E-state index contributed by atoms with van der Waals surface area (Å²) in [6, 6.07) is 5.93. The van der Waals surface area contributed by atoms with Crippen molar-refractivity contribution in [3.05, 3.63) is 39.7 Å². The molecule has 0 atom stereocenters. The summed E-state index contributed by atoms with van der Waals surface area (Å²) in [5.74, 6) is 0.504. The lowest BCUT2D eigenvalue weighted by Gasteiger charge is -2.08. The van der Waals surface area contributed by atoms with Crippen molar-refractivity contribution < 1.29 is 0 Å². The van der Waals surface area contributed by atoms with E-state index in [9.17, 15) is 4.79 Å². The minimum absolute atomic E-state index is 0.0484. The molecule has 0 radical (unpaired) electrons. The van der Waals surface area contributed by atoms with Crippen LogP contribution in [0.3, 0.4) is 0 Å². The molecule has 0 bridgehead atoms. The summed E-state index contributed by atoms with van der Waals surface area (Å²) in [4.78, 5) is 25.2. The third kappa shape index (κ3) is 1.99. The number of fused-ring (bicyclic) bond motifs is 1. The first-order chi connectivity index (χ1) is 9.54. The summed E-state index contributed by atoms with van der Waals surface area (Å²) in [5, 5.41) is 3.15. The zero-order valence-electron chi connectivity index (χ0n) is 11.1. The van der Waals surface area contributed by atoms with Crippen LogP contribution in [0, 0.1) is 13.8 Å². The lowest BCUT2D eigenvalue weighted by atomic mass is 10.1. The zero-order valence-corrected chi connectivity index (χ0v) is 11.1. The maximum absolute atomic E-state index is 11.7. The molecular formula is C13H14N6O. The monoisotopic (exact) mass is 270 g/mol. The highest BCUT2D eigenvalue weighted by Gasteiger charge is 2.09. The van der Waals surface area contributed by atoms with E-state index in [4.69, 9.17) is 5.73 Å². The van der Waals surface area contributed by atoms with Gasteiger partial charge in [0.25, 0.3) is 5.56 Å². The Hall–Kier alpha value is -2.83. The van der Waals surface area contributed by atoms with Gasteiger partial charge in [-0.25, -0.2) is 0 Å². The second kappa shape index (κ2) is 4.37. The molecule has 20 heavy (non-hydrogen) atoms. The van der Waals surface area contributed by atoms with Crippen molar-refractivity contribution in [3.63, 3.8) is 0 Å². The average molecular weight is 270 g/mol. The number of rotatable bonds is 2. The summed E-state index contributed by atoms with van der Waals surface area (Å²) < 4.78 is 0. The molecule has 3 rings (SSSR count). The average Bonchev–Trinajstić information content (AvgIpc) is 2.78. The van der Waals surface area contributed by atoms with Crippen LogP contribution in [0.25, 0.3) is 11.2 Å². The summed E-state index contributed by atoms with van der Waals surface area (Å²) in [7, 11) is 0. The molecule has 0 aliphatic carbocycles. The van der Waals surface area contributed by atoms with Crippen LogP contribution < -0.4 is 16.6 Å². The van der Waals surface area contributed by atoms with E-state index in [1.165, 1.54) is 5.56 Å². The summed E-state index contributed by atoms with van der Waals surface area (Å²) >= 11 is 0. The number of nitrogen functional groups attached to an aromatic ring is 1. The quantitative estimate of drug-likeness (QED) is 0.565. The molecular weight excluding hydrogens is 256 g/mol. The molecule has 0 aliphatic heterocycles. The Morgan fingerprint density at radius 2 is 2.00 bits per heavy atom. The van der Waals surface area contributed by atoms with E-state index in [0.29, 0.717) is 17.1 Å². The number of hydrogen-bond donors (Lipinski definition) is 4. The number of benzene rings is 1. The van der Waals surface area contributed by atoms with Crippen LogP contribution in [-0.4, -0.2) is 19.9 Å². The predicted octanol–water partition coefficient (Wildman–Crippen LogP) is 1.59. The van der Waals surface area contributed by atoms with Crippen molar-refractivity contribution in [3.8, 4) is 0 Å². The van der Waals surface area contributed by atoms with E-state index >= 15 is 0 Å². The lowest BCUT2D eigenvalue weighted by Crippen LogP contribution is -2.10. The van der Waals surface area contributed by atoms with Gasteiger partial charge in [0.15, 0.2) is 11.2 Å². The van der Waals surface area contributed by atoms with Gasteiger partial charge in [-0.05, 0) is 31.0 Å². The van der Waals surface area contributed by atoms with Gasteiger partial charge in [0.1, 0.15) is 0 Å². The number of aromatic nitrogens is 4. The highest BCUT2D eigenvalue weighted by Crippen LogP contribution is 2.21. The largest absolute Gasteiger partial charge is 0.369 e. The third-order valence-corrected chi connectivity index (χ3v) is 3.24. The van der Waals surface area contributed by atoms with E-state index in [-0.39, 0.29) is 11.5 Å². The molecule has 0 saturated heterocycles. The predicted molar refractivity (Wildman–Crippen MR) is 78.1 cm³/mol.